The highest BCUT2D eigenvalue weighted by Crippen LogP contribution is 2.31. The van der Waals surface area contributed by atoms with Crippen molar-refractivity contribution in [2.24, 2.45) is 0 Å². The van der Waals surface area contributed by atoms with Gasteiger partial charge in [0.05, 0.1) is 0 Å². The zero-order valence-electron chi connectivity index (χ0n) is 13.3. The average Bonchev–Trinajstić information content (AvgIpc) is 2.82. The summed E-state index contributed by atoms with van der Waals surface area (Å²) in [6.07, 6.45) is 6.47. The van der Waals surface area contributed by atoms with E-state index in [1.165, 1.54) is 25.7 Å². The van der Waals surface area contributed by atoms with Crippen molar-refractivity contribution in [3.63, 3.8) is 0 Å². The predicted molar refractivity (Wildman–Crippen MR) is 96.6 cm³/mol. The van der Waals surface area contributed by atoms with Gasteiger partial charge in [0.25, 0.3) is 0 Å². The molecule has 3 N–H and O–H groups in total. The molecule has 6 heteroatoms. The van der Waals surface area contributed by atoms with Crippen LogP contribution in [0.5, 0.6) is 0 Å². The molecule has 0 atom stereocenters. The monoisotopic (exact) mass is 331 g/mol. The van der Waals surface area contributed by atoms with Gasteiger partial charge in [-0.25, -0.2) is 9.97 Å². The first kappa shape index (κ1) is 15.9. The third-order valence-electron chi connectivity index (χ3n) is 4.20. The molecule has 2 aromatic rings. The molecule has 1 aliphatic heterocycles. The van der Waals surface area contributed by atoms with Crippen LogP contribution >= 0.6 is 11.6 Å². The minimum absolute atomic E-state index is 0.589. The van der Waals surface area contributed by atoms with Crippen molar-refractivity contribution < 1.29 is 0 Å². The number of benzene rings is 1. The lowest BCUT2D eigenvalue weighted by molar-refractivity contribution is 0.726. The second-order valence-electron chi connectivity index (χ2n) is 5.95. The third-order valence-corrected chi connectivity index (χ3v) is 4.61. The number of halogens is 1. The highest BCUT2D eigenvalue weighted by atomic mass is 35.5. The van der Waals surface area contributed by atoms with Gasteiger partial charge in [0.1, 0.15) is 12.0 Å². The number of rotatable bonds is 3. The first-order valence-electron chi connectivity index (χ1n) is 8.04. The second-order valence-corrected chi connectivity index (χ2v) is 6.36. The molecule has 0 unspecified atom stereocenters. The number of anilines is 4. The molecule has 0 spiro atoms. The highest BCUT2D eigenvalue weighted by molar-refractivity contribution is 6.31. The summed E-state index contributed by atoms with van der Waals surface area (Å²) >= 11 is 6.18. The fourth-order valence-electron chi connectivity index (χ4n) is 2.83. The van der Waals surface area contributed by atoms with Crippen LogP contribution in [0.3, 0.4) is 0 Å². The lowest BCUT2D eigenvalue weighted by Crippen LogP contribution is -2.26. The summed E-state index contributed by atoms with van der Waals surface area (Å²) < 4.78 is 0. The fourth-order valence-corrected chi connectivity index (χ4v) is 3.01. The van der Waals surface area contributed by atoms with Crippen LogP contribution in [0, 0.1) is 6.92 Å². The predicted octanol–water partition coefficient (Wildman–Crippen LogP) is 4.14. The Kier molecular flexibility index (Phi) is 4.86. The Bertz CT molecular complexity index is 681. The summed E-state index contributed by atoms with van der Waals surface area (Å²) in [6, 6.07) is 5.82. The van der Waals surface area contributed by atoms with Crippen LogP contribution in [-0.4, -0.2) is 23.1 Å². The van der Waals surface area contributed by atoms with E-state index in [0.717, 1.165) is 35.2 Å². The van der Waals surface area contributed by atoms with E-state index in [-0.39, 0.29) is 0 Å². The van der Waals surface area contributed by atoms with Crippen molar-refractivity contribution in [2.45, 2.75) is 32.6 Å². The van der Waals surface area contributed by atoms with Crippen LogP contribution in [0.15, 0.2) is 24.5 Å². The number of hydrogen-bond acceptors (Lipinski definition) is 5. The van der Waals surface area contributed by atoms with Crippen molar-refractivity contribution in [3.8, 4) is 0 Å². The van der Waals surface area contributed by atoms with Gasteiger partial charge in [0.2, 0.25) is 0 Å². The van der Waals surface area contributed by atoms with E-state index in [0.29, 0.717) is 11.5 Å². The number of hydrogen-bond donors (Lipinski definition) is 2. The summed E-state index contributed by atoms with van der Waals surface area (Å²) in [4.78, 5) is 11.0. The minimum Gasteiger partial charge on any atom is -0.393 e. The van der Waals surface area contributed by atoms with Crippen LogP contribution in [-0.2, 0) is 0 Å². The highest BCUT2D eigenvalue weighted by Gasteiger charge is 2.16. The zero-order chi connectivity index (χ0) is 16.2. The fraction of sp³-hybridized carbons (Fsp3) is 0.412. The maximum Gasteiger partial charge on any atom is 0.159 e. The molecule has 23 heavy (non-hydrogen) atoms. The molecular weight excluding hydrogens is 310 g/mol. The molecule has 0 amide bonds. The van der Waals surface area contributed by atoms with Crippen molar-refractivity contribution in [2.75, 3.05) is 29.0 Å². The van der Waals surface area contributed by atoms with Gasteiger partial charge in [-0.3, -0.25) is 0 Å². The summed E-state index contributed by atoms with van der Waals surface area (Å²) in [6.45, 7) is 3.97. The molecule has 2 heterocycles. The molecule has 0 radical (unpaired) electrons. The molecule has 0 bridgehead atoms. The lowest BCUT2D eigenvalue weighted by atomic mass is 10.2. The molecule has 1 saturated heterocycles. The van der Waals surface area contributed by atoms with Crippen molar-refractivity contribution in [3.05, 3.63) is 35.1 Å². The van der Waals surface area contributed by atoms with Crippen LogP contribution in [0.4, 0.5) is 23.0 Å². The average molecular weight is 332 g/mol. The molecule has 122 valence electrons. The van der Waals surface area contributed by atoms with Gasteiger partial charge >= 0.3 is 0 Å². The third kappa shape index (κ3) is 3.67. The maximum atomic E-state index is 6.32. The van der Waals surface area contributed by atoms with E-state index in [2.05, 4.69) is 20.2 Å². The largest absolute Gasteiger partial charge is 0.393 e. The Morgan fingerprint density at radius 1 is 1.13 bits per heavy atom. The van der Waals surface area contributed by atoms with Gasteiger partial charge in [-0.1, -0.05) is 30.5 Å². The Balaban J connectivity index is 1.85. The van der Waals surface area contributed by atoms with Gasteiger partial charge in [-0.05, 0) is 37.5 Å². The molecule has 1 aromatic carbocycles. The Morgan fingerprint density at radius 3 is 2.57 bits per heavy atom. The number of aromatic nitrogens is 2. The number of nitrogen functional groups attached to an aromatic ring is 1. The van der Waals surface area contributed by atoms with Gasteiger partial charge in [0.15, 0.2) is 11.6 Å². The van der Waals surface area contributed by atoms with E-state index in [9.17, 15) is 0 Å². The van der Waals surface area contributed by atoms with Gasteiger partial charge in [0, 0.05) is 23.8 Å². The van der Waals surface area contributed by atoms with Gasteiger partial charge in [-0.2, -0.15) is 0 Å². The topological polar surface area (TPSA) is 67.1 Å². The smallest absolute Gasteiger partial charge is 0.159 e. The summed E-state index contributed by atoms with van der Waals surface area (Å²) in [5.74, 6) is 1.45. The quantitative estimate of drug-likeness (QED) is 0.884. The van der Waals surface area contributed by atoms with E-state index < -0.39 is 0 Å². The zero-order valence-corrected chi connectivity index (χ0v) is 14.1. The second kappa shape index (κ2) is 7.04. The SMILES string of the molecule is Cc1ccc(Nc2ncnc(N3CCCCCC3)c2N)cc1Cl. The Hall–Kier alpha value is -2.01. The van der Waals surface area contributed by atoms with Crippen molar-refractivity contribution >= 4 is 34.6 Å². The van der Waals surface area contributed by atoms with E-state index in [1.807, 2.05) is 25.1 Å². The van der Waals surface area contributed by atoms with Gasteiger partial charge < -0.3 is 16.0 Å². The van der Waals surface area contributed by atoms with Crippen molar-refractivity contribution in [1.82, 2.24) is 9.97 Å². The summed E-state index contributed by atoms with van der Waals surface area (Å²) in [5, 5.41) is 3.97. The lowest BCUT2D eigenvalue weighted by Gasteiger charge is -2.23. The molecule has 1 fully saturated rings. The molecule has 1 aromatic heterocycles. The molecule has 3 rings (SSSR count). The van der Waals surface area contributed by atoms with E-state index in [4.69, 9.17) is 17.3 Å². The number of nitrogens with two attached hydrogens (primary N) is 1. The van der Waals surface area contributed by atoms with Crippen LogP contribution in [0.1, 0.15) is 31.2 Å². The Labute approximate surface area is 141 Å². The van der Waals surface area contributed by atoms with E-state index in [1.54, 1.807) is 6.33 Å². The normalized spacial score (nSPS) is 15.3. The van der Waals surface area contributed by atoms with Gasteiger partial charge in [-0.15, -0.1) is 0 Å². The van der Waals surface area contributed by atoms with Crippen LogP contribution in [0.2, 0.25) is 5.02 Å². The Morgan fingerprint density at radius 2 is 1.87 bits per heavy atom. The number of aryl methyl sites for hydroxylation is 1. The molecule has 0 saturated carbocycles. The molecular formula is C17H22ClN5. The maximum absolute atomic E-state index is 6.32. The number of nitrogens with one attached hydrogen (secondary N) is 1. The van der Waals surface area contributed by atoms with Crippen molar-refractivity contribution in [1.29, 1.82) is 0 Å². The van der Waals surface area contributed by atoms with E-state index >= 15 is 0 Å². The minimum atomic E-state index is 0.589. The van der Waals surface area contributed by atoms with Crippen LogP contribution in [0.25, 0.3) is 0 Å². The molecule has 5 nitrogen and oxygen atoms in total. The number of nitrogens with zero attached hydrogens (tertiary/aromatic N) is 3. The summed E-state index contributed by atoms with van der Waals surface area (Å²) in [5.41, 5.74) is 8.82. The standard InChI is InChI=1S/C17H22ClN5/c1-12-6-7-13(10-14(12)18)22-16-15(19)17(21-11-20-16)23-8-4-2-3-5-9-23/h6-7,10-11H,2-5,8-9,19H2,1H3,(H,20,21,22). The molecule has 0 aliphatic carbocycles. The van der Waals surface area contributed by atoms with Crippen LogP contribution < -0.4 is 16.0 Å². The first-order chi connectivity index (χ1) is 11.1. The first-order valence-corrected chi connectivity index (χ1v) is 8.41. The summed E-state index contributed by atoms with van der Waals surface area (Å²) in [7, 11) is 0. The molecule has 1 aliphatic rings.